The summed E-state index contributed by atoms with van der Waals surface area (Å²) in [5, 5.41) is 3.10. The van der Waals surface area contributed by atoms with Gasteiger partial charge in [0, 0.05) is 11.6 Å². The number of carbonyl (C=O) groups excluding carboxylic acids is 1. The van der Waals surface area contributed by atoms with Crippen LogP contribution in [0.15, 0.2) is 42.5 Å². The average Bonchev–Trinajstić information content (AvgIpc) is 2.65. The van der Waals surface area contributed by atoms with Crippen LogP contribution in [-0.4, -0.2) is 27.2 Å². The van der Waals surface area contributed by atoms with E-state index in [2.05, 4.69) is 19.2 Å². The van der Waals surface area contributed by atoms with Crippen LogP contribution in [0.2, 0.25) is 0 Å². The fraction of sp³-hybridized carbons (Fsp3) is 0.350. The zero-order valence-electron chi connectivity index (χ0n) is 15.3. The summed E-state index contributed by atoms with van der Waals surface area (Å²) in [6.07, 6.45) is 0. The minimum absolute atomic E-state index is 0.115. The van der Waals surface area contributed by atoms with Crippen molar-refractivity contribution in [1.29, 1.82) is 0 Å². The minimum atomic E-state index is -0.174. The maximum absolute atomic E-state index is 12.7. The molecule has 2 aromatic rings. The van der Waals surface area contributed by atoms with Crippen molar-refractivity contribution >= 4 is 5.91 Å². The zero-order chi connectivity index (χ0) is 18.4. The molecule has 5 heteroatoms. The summed E-state index contributed by atoms with van der Waals surface area (Å²) < 4.78 is 15.7. The van der Waals surface area contributed by atoms with Gasteiger partial charge in [0.2, 0.25) is 0 Å². The van der Waals surface area contributed by atoms with Gasteiger partial charge in [-0.15, -0.1) is 0 Å². The molecule has 0 unspecified atom stereocenters. The Balaban J connectivity index is 2.25. The Hall–Kier alpha value is -2.69. The Bertz CT molecular complexity index is 688. The molecule has 0 saturated carbocycles. The van der Waals surface area contributed by atoms with Crippen LogP contribution in [0.4, 0.5) is 0 Å². The molecule has 0 fully saturated rings. The van der Waals surface area contributed by atoms with Crippen LogP contribution in [0, 0.1) is 5.92 Å². The lowest BCUT2D eigenvalue weighted by atomic mass is 9.95. The van der Waals surface area contributed by atoms with Gasteiger partial charge in [0.05, 0.1) is 27.4 Å². The van der Waals surface area contributed by atoms with Crippen molar-refractivity contribution in [3.8, 4) is 17.2 Å². The number of methoxy groups -OCH3 is 3. The third-order valence-corrected chi connectivity index (χ3v) is 4.04. The van der Waals surface area contributed by atoms with E-state index in [4.69, 9.17) is 14.2 Å². The van der Waals surface area contributed by atoms with Gasteiger partial charge in [-0.3, -0.25) is 4.79 Å². The molecule has 0 radical (unpaired) electrons. The van der Waals surface area contributed by atoms with Crippen LogP contribution >= 0.6 is 0 Å². The fourth-order valence-electron chi connectivity index (χ4n) is 2.61. The standard InChI is InChI=1S/C20H25NO4/c1-13(2)19(14-6-8-16(23-3)9-7-14)21-20(22)15-10-17(24-4)12-18(11-15)25-5/h6-13,19H,1-5H3,(H,21,22)/t19-/m1/s1. The van der Waals surface area contributed by atoms with Gasteiger partial charge < -0.3 is 19.5 Å². The molecule has 0 aromatic heterocycles. The van der Waals surface area contributed by atoms with Crippen molar-refractivity contribution in [3.63, 3.8) is 0 Å². The number of carbonyl (C=O) groups is 1. The van der Waals surface area contributed by atoms with Crippen LogP contribution in [0.5, 0.6) is 17.2 Å². The van der Waals surface area contributed by atoms with Gasteiger partial charge >= 0.3 is 0 Å². The van der Waals surface area contributed by atoms with Crippen LogP contribution in [0.25, 0.3) is 0 Å². The molecule has 0 saturated heterocycles. The molecular formula is C20H25NO4. The number of benzene rings is 2. The first kappa shape index (κ1) is 18.6. The van der Waals surface area contributed by atoms with Gasteiger partial charge in [0.25, 0.3) is 5.91 Å². The van der Waals surface area contributed by atoms with Gasteiger partial charge in [0.15, 0.2) is 0 Å². The van der Waals surface area contributed by atoms with Crippen molar-refractivity contribution in [3.05, 3.63) is 53.6 Å². The molecule has 0 aliphatic heterocycles. The number of amides is 1. The largest absolute Gasteiger partial charge is 0.497 e. The van der Waals surface area contributed by atoms with E-state index in [0.717, 1.165) is 11.3 Å². The molecular weight excluding hydrogens is 318 g/mol. The van der Waals surface area contributed by atoms with E-state index in [1.54, 1.807) is 39.5 Å². The van der Waals surface area contributed by atoms with E-state index < -0.39 is 0 Å². The molecule has 0 bridgehead atoms. The van der Waals surface area contributed by atoms with Crippen LogP contribution in [-0.2, 0) is 0 Å². The van der Waals surface area contributed by atoms with E-state index in [9.17, 15) is 4.79 Å². The Morgan fingerprint density at radius 3 is 1.80 bits per heavy atom. The fourth-order valence-corrected chi connectivity index (χ4v) is 2.61. The molecule has 0 spiro atoms. The maximum Gasteiger partial charge on any atom is 0.252 e. The van der Waals surface area contributed by atoms with Gasteiger partial charge in [0.1, 0.15) is 17.2 Å². The van der Waals surface area contributed by atoms with E-state index in [1.807, 2.05) is 24.3 Å². The smallest absolute Gasteiger partial charge is 0.252 e. The van der Waals surface area contributed by atoms with Crippen LogP contribution in [0.3, 0.4) is 0 Å². The highest BCUT2D eigenvalue weighted by Gasteiger charge is 2.20. The molecule has 25 heavy (non-hydrogen) atoms. The number of rotatable bonds is 7. The van der Waals surface area contributed by atoms with Gasteiger partial charge in [-0.25, -0.2) is 0 Å². The van der Waals surface area contributed by atoms with Crippen LogP contribution < -0.4 is 19.5 Å². The van der Waals surface area contributed by atoms with Gasteiger partial charge in [-0.05, 0) is 35.7 Å². The molecule has 0 aliphatic carbocycles. The molecule has 1 atom stereocenters. The highest BCUT2D eigenvalue weighted by molar-refractivity contribution is 5.95. The second-order valence-corrected chi connectivity index (χ2v) is 6.07. The van der Waals surface area contributed by atoms with Crippen molar-refractivity contribution in [2.24, 2.45) is 5.92 Å². The Morgan fingerprint density at radius 1 is 0.840 bits per heavy atom. The molecule has 1 amide bonds. The zero-order valence-corrected chi connectivity index (χ0v) is 15.3. The first-order valence-electron chi connectivity index (χ1n) is 8.16. The Morgan fingerprint density at radius 2 is 1.36 bits per heavy atom. The van der Waals surface area contributed by atoms with Crippen LogP contribution in [0.1, 0.15) is 35.8 Å². The summed E-state index contributed by atoms with van der Waals surface area (Å²) in [6, 6.07) is 12.7. The first-order valence-corrected chi connectivity index (χ1v) is 8.16. The molecule has 1 N–H and O–H groups in total. The summed E-state index contributed by atoms with van der Waals surface area (Å²) in [5.74, 6) is 2.00. The quantitative estimate of drug-likeness (QED) is 0.830. The predicted molar refractivity (Wildman–Crippen MR) is 97.6 cm³/mol. The third-order valence-electron chi connectivity index (χ3n) is 4.04. The van der Waals surface area contributed by atoms with E-state index in [-0.39, 0.29) is 17.9 Å². The van der Waals surface area contributed by atoms with Crippen molar-refractivity contribution in [2.75, 3.05) is 21.3 Å². The summed E-state index contributed by atoms with van der Waals surface area (Å²) in [6.45, 7) is 4.14. The summed E-state index contributed by atoms with van der Waals surface area (Å²) >= 11 is 0. The summed E-state index contributed by atoms with van der Waals surface area (Å²) in [5.41, 5.74) is 1.52. The minimum Gasteiger partial charge on any atom is -0.497 e. The van der Waals surface area contributed by atoms with Gasteiger partial charge in [-0.2, -0.15) is 0 Å². The van der Waals surface area contributed by atoms with Crippen molar-refractivity contribution in [1.82, 2.24) is 5.32 Å². The molecule has 5 nitrogen and oxygen atoms in total. The Labute approximate surface area is 148 Å². The van der Waals surface area contributed by atoms with E-state index in [1.165, 1.54) is 0 Å². The van der Waals surface area contributed by atoms with E-state index in [0.29, 0.717) is 17.1 Å². The number of ether oxygens (including phenoxy) is 3. The first-order chi connectivity index (χ1) is 12.0. The second kappa shape index (κ2) is 8.42. The number of hydrogen-bond donors (Lipinski definition) is 1. The lowest BCUT2D eigenvalue weighted by molar-refractivity contribution is 0.0925. The third kappa shape index (κ3) is 4.66. The highest BCUT2D eigenvalue weighted by Crippen LogP contribution is 2.26. The molecule has 0 heterocycles. The van der Waals surface area contributed by atoms with Gasteiger partial charge in [-0.1, -0.05) is 26.0 Å². The average molecular weight is 343 g/mol. The molecule has 2 rings (SSSR count). The molecule has 134 valence electrons. The lowest BCUT2D eigenvalue weighted by Crippen LogP contribution is -2.31. The number of nitrogens with one attached hydrogen (secondary N) is 1. The lowest BCUT2D eigenvalue weighted by Gasteiger charge is -2.23. The SMILES string of the molecule is COc1ccc([C@H](NC(=O)c2cc(OC)cc(OC)c2)C(C)C)cc1. The second-order valence-electron chi connectivity index (χ2n) is 6.07. The maximum atomic E-state index is 12.7. The normalized spacial score (nSPS) is 11.8. The predicted octanol–water partition coefficient (Wildman–Crippen LogP) is 3.84. The molecule has 2 aromatic carbocycles. The molecule has 0 aliphatic rings. The van der Waals surface area contributed by atoms with Crippen molar-refractivity contribution in [2.45, 2.75) is 19.9 Å². The van der Waals surface area contributed by atoms with Crippen molar-refractivity contribution < 1.29 is 19.0 Å². The number of hydrogen-bond acceptors (Lipinski definition) is 4. The summed E-state index contributed by atoms with van der Waals surface area (Å²) in [7, 11) is 4.75. The topological polar surface area (TPSA) is 56.8 Å². The van der Waals surface area contributed by atoms with E-state index >= 15 is 0 Å². The highest BCUT2D eigenvalue weighted by atomic mass is 16.5. The summed E-state index contributed by atoms with van der Waals surface area (Å²) in [4.78, 5) is 12.7. The monoisotopic (exact) mass is 343 g/mol. The Kier molecular flexibility index (Phi) is 6.28.